The highest BCUT2D eigenvalue weighted by Crippen LogP contribution is 2.48. The van der Waals surface area contributed by atoms with E-state index in [1.54, 1.807) is 0 Å². The predicted octanol–water partition coefficient (Wildman–Crippen LogP) is 1.92. The number of nitrogen functional groups attached to an aromatic ring is 1. The van der Waals surface area contributed by atoms with E-state index in [2.05, 4.69) is 30.3 Å². The summed E-state index contributed by atoms with van der Waals surface area (Å²) in [5.41, 5.74) is 8.30. The zero-order valence-electron chi connectivity index (χ0n) is 8.54. The van der Waals surface area contributed by atoms with Crippen molar-refractivity contribution < 1.29 is 0 Å². The van der Waals surface area contributed by atoms with Crippen LogP contribution in [0.3, 0.4) is 0 Å². The van der Waals surface area contributed by atoms with Crippen molar-refractivity contribution in [3.63, 3.8) is 0 Å². The number of imidazole rings is 1. The molecule has 1 saturated carbocycles. The van der Waals surface area contributed by atoms with Gasteiger partial charge in [-0.1, -0.05) is 6.92 Å². The van der Waals surface area contributed by atoms with Gasteiger partial charge in [0.15, 0.2) is 0 Å². The number of rotatable bonds is 2. The first-order valence-electron chi connectivity index (χ1n) is 4.97. The monoisotopic (exact) mass is 179 g/mol. The zero-order valence-corrected chi connectivity index (χ0v) is 8.54. The van der Waals surface area contributed by atoms with Crippen LogP contribution < -0.4 is 5.73 Å². The molecule has 0 radical (unpaired) electrons. The number of aromatic nitrogens is 2. The van der Waals surface area contributed by atoms with Crippen molar-refractivity contribution >= 4 is 5.95 Å². The molecule has 2 atom stereocenters. The number of nitrogens with two attached hydrogens (primary N) is 1. The third kappa shape index (κ3) is 1.23. The maximum Gasteiger partial charge on any atom is 0.200 e. The summed E-state index contributed by atoms with van der Waals surface area (Å²) in [6.07, 6.45) is 1.30. The topological polar surface area (TPSA) is 43.8 Å². The summed E-state index contributed by atoms with van der Waals surface area (Å²) in [5.74, 6) is 2.21. The Kier molecular flexibility index (Phi) is 1.82. The van der Waals surface area contributed by atoms with Crippen LogP contribution in [0.2, 0.25) is 0 Å². The third-order valence-corrected chi connectivity index (χ3v) is 3.00. The summed E-state index contributed by atoms with van der Waals surface area (Å²) in [6, 6.07) is 0. The molecule has 1 fully saturated rings. The lowest BCUT2D eigenvalue weighted by molar-refractivity contribution is 0.707. The lowest BCUT2D eigenvalue weighted by Crippen LogP contribution is -2.04. The molecule has 0 amide bonds. The van der Waals surface area contributed by atoms with Crippen molar-refractivity contribution in [1.29, 1.82) is 0 Å². The van der Waals surface area contributed by atoms with Crippen LogP contribution in [0.25, 0.3) is 0 Å². The normalized spacial score (nSPS) is 26.4. The second kappa shape index (κ2) is 2.76. The van der Waals surface area contributed by atoms with E-state index >= 15 is 0 Å². The Balaban J connectivity index is 2.42. The van der Waals surface area contributed by atoms with E-state index in [9.17, 15) is 0 Å². The first-order valence-corrected chi connectivity index (χ1v) is 4.97. The minimum atomic E-state index is 0.675. The standard InChI is InChI=1S/C10H17N3/c1-4-13-9(8-5-6(8)2)7(3)12-10(13)11/h6,8H,4-5H2,1-3H3,(H2,11,12). The summed E-state index contributed by atoms with van der Waals surface area (Å²) < 4.78 is 2.14. The van der Waals surface area contributed by atoms with Gasteiger partial charge < -0.3 is 10.3 Å². The highest BCUT2D eigenvalue weighted by molar-refractivity contribution is 5.33. The van der Waals surface area contributed by atoms with Crippen LogP contribution in [-0.4, -0.2) is 9.55 Å². The Hall–Kier alpha value is -0.990. The molecule has 0 saturated heterocycles. The van der Waals surface area contributed by atoms with Gasteiger partial charge in [0, 0.05) is 18.2 Å². The lowest BCUT2D eigenvalue weighted by atomic mass is 10.2. The van der Waals surface area contributed by atoms with Crippen LogP contribution in [0.4, 0.5) is 5.95 Å². The van der Waals surface area contributed by atoms with E-state index < -0.39 is 0 Å². The molecule has 3 heteroatoms. The van der Waals surface area contributed by atoms with E-state index in [0.717, 1.165) is 18.2 Å². The molecule has 13 heavy (non-hydrogen) atoms. The lowest BCUT2D eigenvalue weighted by Gasteiger charge is -2.06. The molecule has 2 unspecified atom stereocenters. The van der Waals surface area contributed by atoms with Crippen LogP contribution in [0.1, 0.15) is 37.6 Å². The number of aryl methyl sites for hydroxylation is 1. The maximum absolute atomic E-state index is 5.82. The summed E-state index contributed by atoms with van der Waals surface area (Å²) >= 11 is 0. The fraction of sp³-hybridized carbons (Fsp3) is 0.700. The Morgan fingerprint density at radius 1 is 1.62 bits per heavy atom. The molecule has 2 rings (SSSR count). The maximum atomic E-state index is 5.82. The van der Waals surface area contributed by atoms with Crippen molar-refractivity contribution in [2.45, 2.75) is 39.7 Å². The van der Waals surface area contributed by atoms with Crippen LogP contribution in [0.15, 0.2) is 0 Å². The van der Waals surface area contributed by atoms with Gasteiger partial charge in [-0.15, -0.1) is 0 Å². The quantitative estimate of drug-likeness (QED) is 0.753. The van der Waals surface area contributed by atoms with Gasteiger partial charge in [0.25, 0.3) is 0 Å². The molecule has 72 valence electrons. The van der Waals surface area contributed by atoms with Crippen molar-refractivity contribution in [1.82, 2.24) is 9.55 Å². The molecule has 3 nitrogen and oxygen atoms in total. The van der Waals surface area contributed by atoms with Gasteiger partial charge in [0.2, 0.25) is 5.95 Å². The summed E-state index contributed by atoms with van der Waals surface area (Å²) in [4.78, 5) is 4.32. The molecule has 1 aromatic heterocycles. The van der Waals surface area contributed by atoms with E-state index in [1.165, 1.54) is 12.1 Å². The molecule has 0 spiro atoms. The second-order valence-corrected chi connectivity index (χ2v) is 4.00. The average molecular weight is 179 g/mol. The Morgan fingerprint density at radius 2 is 2.23 bits per heavy atom. The molecule has 0 aromatic carbocycles. The third-order valence-electron chi connectivity index (χ3n) is 3.00. The van der Waals surface area contributed by atoms with Gasteiger partial charge in [-0.2, -0.15) is 0 Å². The number of hydrogen-bond acceptors (Lipinski definition) is 2. The molecule has 0 aliphatic heterocycles. The fourth-order valence-corrected chi connectivity index (χ4v) is 2.11. The van der Waals surface area contributed by atoms with Gasteiger partial charge in [0.05, 0.1) is 5.69 Å². The first kappa shape index (κ1) is 8.60. The van der Waals surface area contributed by atoms with Gasteiger partial charge in [-0.3, -0.25) is 0 Å². The van der Waals surface area contributed by atoms with Crippen molar-refractivity contribution in [2.24, 2.45) is 5.92 Å². The van der Waals surface area contributed by atoms with Crippen LogP contribution >= 0.6 is 0 Å². The molecule has 1 heterocycles. The minimum Gasteiger partial charge on any atom is -0.369 e. The number of hydrogen-bond donors (Lipinski definition) is 1. The van der Waals surface area contributed by atoms with Crippen molar-refractivity contribution in [3.8, 4) is 0 Å². The Morgan fingerprint density at radius 3 is 2.69 bits per heavy atom. The fourth-order valence-electron chi connectivity index (χ4n) is 2.11. The second-order valence-electron chi connectivity index (χ2n) is 4.00. The molecule has 1 aromatic rings. The first-order chi connectivity index (χ1) is 6.15. The van der Waals surface area contributed by atoms with Crippen molar-refractivity contribution in [3.05, 3.63) is 11.4 Å². The molecule has 1 aliphatic rings. The van der Waals surface area contributed by atoms with Gasteiger partial charge in [-0.05, 0) is 26.2 Å². The largest absolute Gasteiger partial charge is 0.369 e. The van der Waals surface area contributed by atoms with Crippen LogP contribution in [0, 0.1) is 12.8 Å². The molecular formula is C10H17N3. The molecule has 0 bridgehead atoms. The van der Waals surface area contributed by atoms with E-state index in [0.29, 0.717) is 11.9 Å². The van der Waals surface area contributed by atoms with Gasteiger partial charge >= 0.3 is 0 Å². The number of nitrogens with zero attached hydrogens (tertiary/aromatic N) is 2. The average Bonchev–Trinajstić information content (AvgIpc) is 2.69. The van der Waals surface area contributed by atoms with E-state index in [4.69, 9.17) is 5.73 Å². The van der Waals surface area contributed by atoms with Gasteiger partial charge in [-0.25, -0.2) is 4.98 Å². The number of anilines is 1. The van der Waals surface area contributed by atoms with Crippen LogP contribution in [0.5, 0.6) is 0 Å². The highest BCUT2D eigenvalue weighted by atomic mass is 15.2. The Bertz CT molecular complexity index is 327. The molecule has 2 N–H and O–H groups in total. The summed E-state index contributed by atoms with van der Waals surface area (Å²) in [6.45, 7) is 7.40. The van der Waals surface area contributed by atoms with E-state index in [-0.39, 0.29) is 0 Å². The SMILES string of the molecule is CCn1c(N)nc(C)c1C1CC1C. The molecular weight excluding hydrogens is 162 g/mol. The van der Waals surface area contributed by atoms with Crippen LogP contribution in [-0.2, 0) is 6.54 Å². The Labute approximate surface area is 79.0 Å². The summed E-state index contributed by atoms with van der Waals surface area (Å²) in [7, 11) is 0. The molecule has 1 aliphatic carbocycles. The van der Waals surface area contributed by atoms with Crippen molar-refractivity contribution in [2.75, 3.05) is 5.73 Å². The van der Waals surface area contributed by atoms with Gasteiger partial charge in [0.1, 0.15) is 0 Å². The van der Waals surface area contributed by atoms with E-state index in [1.807, 2.05) is 0 Å². The summed E-state index contributed by atoms with van der Waals surface area (Å²) in [5, 5.41) is 0. The minimum absolute atomic E-state index is 0.675. The zero-order chi connectivity index (χ0) is 9.59. The smallest absolute Gasteiger partial charge is 0.200 e. The highest BCUT2D eigenvalue weighted by Gasteiger charge is 2.38. The predicted molar refractivity (Wildman–Crippen MR) is 53.6 cm³/mol.